The number of aromatic nitrogens is 2. The summed E-state index contributed by atoms with van der Waals surface area (Å²) in [5.41, 5.74) is 2.36. The maximum absolute atomic E-state index is 12.1. The third-order valence-corrected chi connectivity index (χ3v) is 3.89. The Kier molecular flexibility index (Phi) is 4.80. The zero-order valence-corrected chi connectivity index (χ0v) is 13.2. The number of H-pyrrole nitrogens is 1. The number of aromatic amines is 1. The number of fused-ring (bicyclic) bond motifs is 1. The Bertz CT molecular complexity index is 669. The van der Waals surface area contributed by atoms with E-state index < -0.39 is 0 Å². The van der Waals surface area contributed by atoms with Crippen LogP contribution in [0.5, 0.6) is 11.5 Å². The first-order valence-corrected chi connectivity index (χ1v) is 7.91. The fraction of sp³-hybridized carbons (Fsp3) is 0.412. The van der Waals surface area contributed by atoms with Crippen molar-refractivity contribution in [3.05, 3.63) is 41.7 Å². The quantitative estimate of drug-likeness (QED) is 0.853. The minimum Gasteiger partial charge on any atom is -0.490 e. The van der Waals surface area contributed by atoms with E-state index in [1.54, 1.807) is 6.07 Å². The molecule has 6 heteroatoms. The van der Waals surface area contributed by atoms with Gasteiger partial charge in [0.15, 0.2) is 18.1 Å². The van der Waals surface area contributed by atoms with Gasteiger partial charge in [-0.1, -0.05) is 12.1 Å². The molecule has 122 valence electrons. The molecule has 0 bridgehead atoms. The lowest BCUT2D eigenvalue weighted by molar-refractivity contribution is -0.123. The Morgan fingerprint density at radius 2 is 2.13 bits per heavy atom. The van der Waals surface area contributed by atoms with Crippen LogP contribution in [-0.2, 0) is 17.6 Å². The summed E-state index contributed by atoms with van der Waals surface area (Å²) < 4.78 is 11.1. The van der Waals surface area contributed by atoms with Crippen molar-refractivity contribution in [2.24, 2.45) is 0 Å². The fourth-order valence-corrected chi connectivity index (χ4v) is 2.79. The molecule has 1 aromatic heterocycles. The van der Waals surface area contributed by atoms with Gasteiger partial charge in [0, 0.05) is 18.2 Å². The van der Waals surface area contributed by atoms with Gasteiger partial charge >= 0.3 is 0 Å². The van der Waals surface area contributed by atoms with E-state index in [4.69, 9.17) is 9.47 Å². The smallest absolute Gasteiger partial charge is 0.258 e. The van der Waals surface area contributed by atoms with E-state index in [2.05, 4.69) is 15.5 Å². The number of carbonyl (C=O) groups is 1. The number of para-hydroxylation sites is 2. The number of hydrogen-bond donors (Lipinski definition) is 2. The average Bonchev–Trinajstić information content (AvgIpc) is 3.02. The number of nitrogens with one attached hydrogen (secondary N) is 2. The molecule has 23 heavy (non-hydrogen) atoms. The summed E-state index contributed by atoms with van der Waals surface area (Å²) in [6.45, 7) is 2.45. The number of aryl methyl sites for hydroxylation is 1. The standard InChI is InChI=1S/C17H21N3O3/c1-2-22-15-5-3-4-6-16(15)23-11-17(21)19-13-8-7-12-10-18-20-14(12)9-13/h3-6,10,13H,2,7-9,11H2,1H3,(H,18,20)(H,19,21). The van der Waals surface area contributed by atoms with Crippen molar-refractivity contribution in [3.8, 4) is 11.5 Å². The molecule has 0 aliphatic heterocycles. The maximum Gasteiger partial charge on any atom is 0.258 e. The Morgan fingerprint density at radius 3 is 2.91 bits per heavy atom. The normalized spacial score (nSPS) is 16.5. The van der Waals surface area contributed by atoms with E-state index in [9.17, 15) is 4.79 Å². The molecular formula is C17H21N3O3. The average molecular weight is 315 g/mol. The van der Waals surface area contributed by atoms with Gasteiger partial charge in [-0.25, -0.2) is 0 Å². The number of carbonyl (C=O) groups excluding carboxylic acids is 1. The first-order valence-electron chi connectivity index (χ1n) is 7.91. The number of benzene rings is 1. The van der Waals surface area contributed by atoms with Gasteiger partial charge in [-0.15, -0.1) is 0 Å². The second-order valence-electron chi connectivity index (χ2n) is 5.55. The van der Waals surface area contributed by atoms with Gasteiger partial charge < -0.3 is 14.8 Å². The summed E-state index contributed by atoms with van der Waals surface area (Å²) in [7, 11) is 0. The molecule has 0 saturated heterocycles. The zero-order chi connectivity index (χ0) is 16.1. The van der Waals surface area contributed by atoms with Crippen LogP contribution >= 0.6 is 0 Å². The van der Waals surface area contributed by atoms with Gasteiger partial charge in [0.1, 0.15) is 0 Å². The van der Waals surface area contributed by atoms with Crippen LogP contribution < -0.4 is 14.8 Å². The molecule has 1 amide bonds. The molecule has 0 spiro atoms. The highest BCUT2D eigenvalue weighted by Crippen LogP contribution is 2.26. The van der Waals surface area contributed by atoms with Crippen LogP contribution in [0.2, 0.25) is 0 Å². The first-order chi connectivity index (χ1) is 11.3. The molecule has 0 saturated carbocycles. The molecule has 1 unspecified atom stereocenters. The minimum absolute atomic E-state index is 0.0174. The first kappa shape index (κ1) is 15.4. The van der Waals surface area contributed by atoms with Gasteiger partial charge in [-0.3, -0.25) is 9.89 Å². The molecular weight excluding hydrogens is 294 g/mol. The van der Waals surface area contributed by atoms with Crippen LogP contribution in [0.15, 0.2) is 30.5 Å². The molecule has 0 radical (unpaired) electrons. The molecule has 3 rings (SSSR count). The van der Waals surface area contributed by atoms with Crippen molar-refractivity contribution in [1.29, 1.82) is 0 Å². The Morgan fingerprint density at radius 1 is 1.35 bits per heavy atom. The number of ether oxygens (including phenoxy) is 2. The molecule has 0 fully saturated rings. The Balaban J connectivity index is 1.51. The van der Waals surface area contributed by atoms with Crippen LogP contribution in [-0.4, -0.2) is 35.4 Å². The Labute approximate surface area is 135 Å². The minimum atomic E-state index is -0.121. The molecule has 6 nitrogen and oxygen atoms in total. The SMILES string of the molecule is CCOc1ccccc1OCC(=O)NC1CCc2cn[nH]c2C1. The highest BCUT2D eigenvalue weighted by Gasteiger charge is 2.21. The number of hydrogen-bond acceptors (Lipinski definition) is 4. The molecule has 1 heterocycles. The van der Waals surface area contributed by atoms with E-state index in [0.717, 1.165) is 25.0 Å². The molecule has 2 aromatic rings. The summed E-state index contributed by atoms with van der Waals surface area (Å²) in [5, 5.41) is 10.1. The lowest BCUT2D eigenvalue weighted by atomic mass is 9.94. The Hall–Kier alpha value is -2.50. The topological polar surface area (TPSA) is 76.2 Å². The van der Waals surface area contributed by atoms with Crippen LogP contribution in [0.25, 0.3) is 0 Å². The summed E-state index contributed by atoms with van der Waals surface area (Å²) in [6.07, 6.45) is 4.51. The van der Waals surface area contributed by atoms with Gasteiger partial charge in [0.25, 0.3) is 5.91 Å². The van der Waals surface area contributed by atoms with Gasteiger partial charge in [0.05, 0.1) is 12.8 Å². The maximum atomic E-state index is 12.1. The predicted molar refractivity (Wildman–Crippen MR) is 85.6 cm³/mol. The van der Waals surface area contributed by atoms with Crippen molar-refractivity contribution in [2.45, 2.75) is 32.2 Å². The third-order valence-electron chi connectivity index (χ3n) is 3.89. The van der Waals surface area contributed by atoms with E-state index in [0.29, 0.717) is 18.1 Å². The monoisotopic (exact) mass is 315 g/mol. The number of nitrogens with zero attached hydrogens (tertiary/aromatic N) is 1. The third kappa shape index (κ3) is 3.83. The van der Waals surface area contributed by atoms with E-state index in [-0.39, 0.29) is 18.6 Å². The highest BCUT2D eigenvalue weighted by atomic mass is 16.5. The number of amides is 1. The van der Waals surface area contributed by atoms with Gasteiger partial charge in [0.2, 0.25) is 0 Å². The summed E-state index contributed by atoms with van der Waals surface area (Å²) in [5.74, 6) is 1.12. The van der Waals surface area contributed by atoms with Crippen LogP contribution in [0.3, 0.4) is 0 Å². The summed E-state index contributed by atoms with van der Waals surface area (Å²) in [4.78, 5) is 12.1. The van der Waals surface area contributed by atoms with Crippen LogP contribution in [0, 0.1) is 0 Å². The second-order valence-corrected chi connectivity index (χ2v) is 5.55. The van der Waals surface area contributed by atoms with Gasteiger partial charge in [-0.05, 0) is 37.5 Å². The predicted octanol–water partition coefficient (Wildman–Crippen LogP) is 1.86. The molecule has 1 aliphatic carbocycles. The number of rotatable bonds is 6. The van der Waals surface area contributed by atoms with Crippen molar-refractivity contribution < 1.29 is 14.3 Å². The highest BCUT2D eigenvalue weighted by molar-refractivity contribution is 5.78. The fourth-order valence-electron chi connectivity index (χ4n) is 2.79. The largest absolute Gasteiger partial charge is 0.490 e. The van der Waals surface area contributed by atoms with Crippen LogP contribution in [0.1, 0.15) is 24.6 Å². The van der Waals surface area contributed by atoms with E-state index >= 15 is 0 Å². The lowest BCUT2D eigenvalue weighted by Gasteiger charge is -2.22. The second kappa shape index (κ2) is 7.17. The van der Waals surface area contributed by atoms with E-state index in [1.165, 1.54) is 5.56 Å². The van der Waals surface area contributed by atoms with E-state index in [1.807, 2.05) is 31.3 Å². The molecule has 1 atom stereocenters. The van der Waals surface area contributed by atoms with Crippen molar-refractivity contribution >= 4 is 5.91 Å². The summed E-state index contributed by atoms with van der Waals surface area (Å²) >= 11 is 0. The van der Waals surface area contributed by atoms with Gasteiger partial charge in [-0.2, -0.15) is 5.10 Å². The molecule has 2 N–H and O–H groups in total. The molecule has 1 aliphatic rings. The van der Waals surface area contributed by atoms with Crippen LogP contribution in [0.4, 0.5) is 0 Å². The van der Waals surface area contributed by atoms with Crippen molar-refractivity contribution in [1.82, 2.24) is 15.5 Å². The summed E-state index contributed by atoms with van der Waals surface area (Å²) in [6, 6.07) is 7.49. The van der Waals surface area contributed by atoms with Crippen molar-refractivity contribution in [2.75, 3.05) is 13.2 Å². The van der Waals surface area contributed by atoms with Crippen molar-refractivity contribution in [3.63, 3.8) is 0 Å². The molecule has 1 aromatic carbocycles. The lowest BCUT2D eigenvalue weighted by Crippen LogP contribution is -2.41. The zero-order valence-electron chi connectivity index (χ0n) is 13.2.